The van der Waals surface area contributed by atoms with Crippen LogP contribution in [0.25, 0.3) is 11.0 Å². The summed E-state index contributed by atoms with van der Waals surface area (Å²) in [5, 5.41) is 7.25. The quantitative estimate of drug-likeness (QED) is 0.273. The molecule has 1 saturated heterocycles. The van der Waals surface area contributed by atoms with Gasteiger partial charge >= 0.3 is 0 Å². The largest absolute Gasteiger partial charge is 0.369 e. The molecule has 0 unspecified atom stereocenters. The minimum absolute atomic E-state index is 0.0464. The summed E-state index contributed by atoms with van der Waals surface area (Å²) in [7, 11) is -3.60. The van der Waals surface area contributed by atoms with Gasteiger partial charge in [0.15, 0.2) is 9.84 Å². The van der Waals surface area contributed by atoms with E-state index in [-0.39, 0.29) is 22.6 Å². The van der Waals surface area contributed by atoms with Crippen LogP contribution in [0.5, 0.6) is 0 Å². The Labute approximate surface area is 262 Å². The van der Waals surface area contributed by atoms with Crippen LogP contribution in [0.15, 0.2) is 82.9 Å². The van der Waals surface area contributed by atoms with Crippen molar-refractivity contribution in [3.63, 3.8) is 0 Å². The van der Waals surface area contributed by atoms with E-state index in [1.54, 1.807) is 18.3 Å². The molecule has 2 N–H and O–H groups in total. The number of piperazine rings is 1. The zero-order valence-electron chi connectivity index (χ0n) is 25.3. The molecule has 1 aliphatic heterocycles. The summed E-state index contributed by atoms with van der Waals surface area (Å²) in [4.78, 5) is 29.6. The molecule has 1 fully saturated rings. The Bertz CT molecular complexity index is 2130. The Balaban J connectivity index is 1.41. The van der Waals surface area contributed by atoms with Crippen LogP contribution in [0.3, 0.4) is 0 Å². The third-order valence-electron chi connectivity index (χ3n) is 7.73. The predicted molar refractivity (Wildman–Crippen MR) is 177 cm³/mol. The zero-order chi connectivity index (χ0) is 31.6. The minimum Gasteiger partial charge on any atom is -0.369 e. The second-order valence-corrected chi connectivity index (χ2v) is 13.1. The van der Waals surface area contributed by atoms with Gasteiger partial charge in [-0.05, 0) is 67.4 Å². The van der Waals surface area contributed by atoms with E-state index in [2.05, 4.69) is 56.4 Å². The molecular formula is C34H33N7O3S. The lowest BCUT2D eigenvalue weighted by Gasteiger charge is -2.30. The summed E-state index contributed by atoms with van der Waals surface area (Å²) in [6.45, 7) is 7.84. The number of pyridine rings is 2. The third-order valence-corrected chi connectivity index (χ3v) is 8.90. The predicted octanol–water partition coefficient (Wildman–Crippen LogP) is 3.81. The van der Waals surface area contributed by atoms with E-state index in [0.717, 1.165) is 54.8 Å². The Morgan fingerprint density at radius 1 is 0.978 bits per heavy atom. The molecule has 1 aliphatic rings. The molecule has 0 radical (unpaired) electrons. The van der Waals surface area contributed by atoms with Gasteiger partial charge in [0, 0.05) is 73.3 Å². The van der Waals surface area contributed by atoms with Crippen molar-refractivity contribution < 1.29 is 8.42 Å². The number of fused-ring (bicyclic) bond motifs is 1. The molecule has 11 heteroatoms. The van der Waals surface area contributed by atoms with E-state index in [4.69, 9.17) is 4.98 Å². The molecule has 10 nitrogen and oxygen atoms in total. The number of benzene rings is 2. The molecule has 0 atom stereocenters. The topological polar surface area (TPSA) is 122 Å². The van der Waals surface area contributed by atoms with Crippen LogP contribution in [0.4, 0.5) is 17.3 Å². The number of nitrogens with one attached hydrogen (secondary N) is 2. The maximum absolute atomic E-state index is 13.9. The van der Waals surface area contributed by atoms with Crippen LogP contribution >= 0.6 is 0 Å². The average Bonchev–Trinajstić information content (AvgIpc) is 3.03. The van der Waals surface area contributed by atoms with Crippen LogP contribution < -0.4 is 21.1 Å². The lowest BCUT2D eigenvalue weighted by Crippen LogP contribution is -2.43. The van der Waals surface area contributed by atoms with Crippen LogP contribution in [0.2, 0.25) is 0 Å². The fourth-order valence-electron chi connectivity index (χ4n) is 5.40. The molecule has 0 bridgehead atoms. The van der Waals surface area contributed by atoms with Crippen molar-refractivity contribution in [3.05, 3.63) is 111 Å². The monoisotopic (exact) mass is 619 g/mol. The Morgan fingerprint density at radius 2 is 1.76 bits per heavy atom. The molecular weight excluding hydrogens is 586 g/mol. The van der Waals surface area contributed by atoms with E-state index >= 15 is 0 Å². The van der Waals surface area contributed by atoms with E-state index in [9.17, 15) is 13.2 Å². The number of hydrogen-bond acceptors (Lipinski definition) is 9. The summed E-state index contributed by atoms with van der Waals surface area (Å²) in [6, 6.07) is 17.1. The molecule has 228 valence electrons. The summed E-state index contributed by atoms with van der Waals surface area (Å²) in [5.74, 6) is 6.39. The summed E-state index contributed by atoms with van der Waals surface area (Å²) >= 11 is 0. The van der Waals surface area contributed by atoms with Crippen molar-refractivity contribution in [2.24, 2.45) is 0 Å². The fraction of sp³-hybridized carbons (Fsp3) is 0.235. The summed E-state index contributed by atoms with van der Waals surface area (Å²) in [6.07, 6.45) is 5.57. The van der Waals surface area contributed by atoms with E-state index in [1.807, 2.05) is 37.3 Å². The molecule has 0 saturated carbocycles. The third kappa shape index (κ3) is 6.72. The minimum atomic E-state index is -3.60. The molecule has 2 aromatic carbocycles. The van der Waals surface area contributed by atoms with E-state index in [1.165, 1.54) is 22.6 Å². The first-order valence-electron chi connectivity index (χ1n) is 14.6. The SMILES string of the molecule is Cc1ccc(C#Cc2cc3cnc(Nc4ccc(N5CCNCC5)c(C)c4)nc3n(Cc3ccncc3S(C)(=O)=O)c2=O)cc1. The van der Waals surface area contributed by atoms with Crippen molar-refractivity contribution >= 4 is 38.2 Å². The van der Waals surface area contributed by atoms with Gasteiger partial charge in [-0.3, -0.25) is 14.3 Å². The first-order valence-corrected chi connectivity index (χ1v) is 16.5. The van der Waals surface area contributed by atoms with Gasteiger partial charge in [-0.2, -0.15) is 4.98 Å². The second-order valence-electron chi connectivity index (χ2n) is 11.2. The van der Waals surface area contributed by atoms with Gasteiger partial charge < -0.3 is 15.5 Å². The standard InChI is InChI=1S/C34H33N7O3S/c1-23-4-6-25(7-5-23)8-9-26-19-28-20-37-34(38-29-10-11-30(24(2)18-29)40-16-14-35-15-17-40)39-32(28)41(33(26)42)22-27-12-13-36-21-31(27)45(3,43)44/h4-7,10-13,18-21,35H,14-17,22H2,1-3H3,(H,37,38,39). The smallest absolute Gasteiger partial charge is 0.268 e. The van der Waals surface area contributed by atoms with Gasteiger partial charge in [-0.25, -0.2) is 13.4 Å². The molecule has 0 spiro atoms. The Hall–Kier alpha value is -5.05. The number of aryl methyl sites for hydroxylation is 2. The molecule has 45 heavy (non-hydrogen) atoms. The number of rotatable bonds is 6. The number of hydrogen-bond donors (Lipinski definition) is 2. The molecule has 0 amide bonds. The summed E-state index contributed by atoms with van der Waals surface area (Å²) < 4.78 is 26.6. The van der Waals surface area contributed by atoms with Crippen LogP contribution in [-0.2, 0) is 16.4 Å². The van der Waals surface area contributed by atoms with E-state index < -0.39 is 9.84 Å². The zero-order valence-corrected chi connectivity index (χ0v) is 26.1. The van der Waals surface area contributed by atoms with Gasteiger partial charge in [0.1, 0.15) is 5.65 Å². The fourth-order valence-corrected chi connectivity index (χ4v) is 6.26. The van der Waals surface area contributed by atoms with E-state index in [0.29, 0.717) is 22.5 Å². The van der Waals surface area contributed by atoms with Gasteiger partial charge in [-0.15, -0.1) is 0 Å². The molecule has 4 heterocycles. The second kappa shape index (κ2) is 12.5. The van der Waals surface area contributed by atoms with Gasteiger partial charge in [-0.1, -0.05) is 29.5 Å². The molecule has 0 aliphatic carbocycles. The summed E-state index contributed by atoms with van der Waals surface area (Å²) in [5.41, 5.74) is 5.65. The highest BCUT2D eigenvalue weighted by Crippen LogP contribution is 2.26. The maximum atomic E-state index is 13.9. The lowest BCUT2D eigenvalue weighted by atomic mass is 10.1. The highest BCUT2D eigenvalue weighted by molar-refractivity contribution is 7.90. The molecule has 3 aromatic heterocycles. The lowest BCUT2D eigenvalue weighted by molar-refractivity contribution is 0.588. The van der Waals surface area contributed by atoms with Crippen LogP contribution in [0, 0.1) is 25.7 Å². The highest BCUT2D eigenvalue weighted by atomic mass is 32.2. The number of aromatic nitrogens is 4. The van der Waals surface area contributed by atoms with Crippen LogP contribution in [0.1, 0.15) is 27.8 Å². The van der Waals surface area contributed by atoms with Gasteiger partial charge in [0.2, 0.25) is 5.95 Å². The average molecular weight is 620 g/mol. The van der Waals surface area contributed by atoms with Crippen molar-refractivity contribution in [2.75, 3.05) is 42.7 Å². The first kappa shape index (κ1) is 30.0. The number of nitrogens with zero attached hydrogens (tertiary/aromatic N) is 5. The molecule has 6 rings (SSSR count). The normalized spacial score (nSPS) is 13.4. The maximum Gasteiger partial charge on any atom is 0.268 e. The Kier molecular flexibility index (Phi) is 8.34. The molecule has 5 aromatic rings. The Morgan fingerprint density at radius 3 is 2.49 bits per heavy atom. The highest BCUT2D eigenvalue weighted by Gasteiger charge is 2.18. The van der Waals surface area contributed by atoms with Gasteiger partial charge in [0.25, 0.3) is 5.56 Å². The number of anilines is 3. The van der Waals surface area contributed by atoms with Crippen molar-refractivity contribution in [1.29, 1.82) is 0 Å². The van der Waals surface area contributed by atoms with Crippen molar-refractivity contribution in [1.82, 2.24) is 24.8 Å². The number of sulfone groups is 1. The van der Waals surface area contributed by atoms with Gasteiger partial charge in [0.05, 0.1) is 17.0 Å². The van der Waals surface area contributed by atoms with Crippen molar-refractivity contribution in [3.8, 4) is 11.8 Å². The van der Waals surface area contributed by atoms with Crippen molar-refractivity contribution in [2.45, 2.75) is 25.3 Å². The van der Waals surface area contributed by atoms with Crippen LogP contribution in [-0.4, -0.2) is 60.4 Å². The first-order chi connectivity index (χ1) is 21.7.